The molecule has 0 unspecified atom stereocenters. The van der Waals surface area contributed by atoms with Crippen LogP contribution in [-0.2, 0) is 0 Å². The van der Waals surface area contributed by atoms with Gasteiger partial charge in [0.15, 0.2) is 0 Å². The predicted octanol–water partition coefficient (Wildman–Crippen LogP) is 4.00. The molecule has 0 atom stereocenters. The number of likely N-dealkylation sites (N-methyl/N-ethyl adjacent to an activating group) is 1. The maximum absolute atomic E-state index is 12.2. The Bertz CT molecular complexity index is 1040. The highest BCUT2D eigenvalue weighted by molar-refractivity contribution is 5.96. The quantitative estimate of drug-likeness (QED) is 0.535. The Hall–Kier alpha value is -3.85. The molecule has 1 heterocycles. The van der Waals surface area contributed by atoms with Gasteiger partial charge in [0, 0.05) is 35.9 Å². The molecular weight excluding hydrogens is 338 g/mol. The number of rotatable bonds is 5. The summed E-state index contributed by atoms with van der Waals surface area (Å²) < 4.78 is 0. The molecule has 2 amide bonds. The zero-order valence-corrected chi connectivity index (χ0v) is 14.9. The van der Waals surface area contributed by atoms with E-state index in [-0.39, 0.29) is 6.03 Å². The van der Waals surface area contributed by atoms with Crippen molar-refractivity contribution in [3.63, 3.8) is 0 Å². The van der Waals surface area contributed by atoms with Crippen LogP contribution in [0.3, 0.4) is 0 Å². The molecule has 6 heteroatoms. The summed E-state index contributed by atoms with van der Waals surface area (Å²) in [7, 11) is 1.70. The number of nitrogens with zero attached hydrogens (tertiary/aromatic N) is 3. The van der Waals surface area contributed by atoms with Crippen LogP contribution in [0.15, 0.2) is 61.4 Å². The second-order valence-corrected chi connectivity index (χ2v) is 5.90. The van der Waals surface area contributed by atoms with Crippen molar-refractivity contribution in [2.45, 2.75) is 0 Å². The average Bonchev–Trinajstić information content (AvgIpc) is 2.68. The summed E-state index contributed by atoms with van der Waals surface area (Å²) in [4.78, 5) is 22.3. The number of hydrogen-bond donors (Lipinski definition) is 2. The van der Waals surface area contributed by atoms with Crippen LogP contribution in [0, 0.1) is 12.3 Å². The van der Waals surface area contributed by atoms with Gasteiger partial charge in [-0.25, -0.2) is 14.8 Å². The lowest BCUT2D eigenvalue weighted by molar-refractivity contribution is 0.226. The van der Waals surface area contributed by atoms with Crippen LogP contribution in [0.1, 0.15) is 5.56 Å². The van der Waals surface area contributed by atoms with Crippen LogP contribution in [0.2, 0.25) is 0 Å². The molecule has 2 aromatic carbocycles. The summed E-state index contributed by atoms with van der Waals surface area (Å²) in [6.45, 7) is 4.10. The minimum Gasteiger partial charge on any atom is -0.340 e. The van der Waals surface area contributed by atoms with Gasteiger partial charge in [-0.1, -0.05) is 18.1 Å². The number of urea groups is 1. The predicted molar refractivity (Wildman–Crippen MR) is 109 cm³/mol. The molecule has 3 rings (SSSR count). The molecule has 6 nitrogen and oxygen atoms in total. The van der Waals surface area contributed by atoms with E-state index in [0.29, 0.717) is 18.1 Å². The first-order valence-corrected chi connectivity index (χ1v) is 8.32. The van der Waals surface area contributed by atoms with Crippen LogP contribution in [-0.4, -0.2) is 34.5 Å². The molecule has 3 aromatic rings. The number of anilines is 3. The maximum Gasteiger partial charge on any atom is 0.321 e. The Balaban J connectivity index is 1.91. The lowest BCUT2D eigenvalue weighted by Crippen LogP contribution is -2.31. The molecule has 0 saturated heterocycles. The van der Waals surface area contributed by atoms with Gasteiger partial charge in [0.2, 0.25) is 0 Å². The first kappa shape index (κ1) is 18.0. The van der Waals surface area contributed by atoms with E-state index < -0.39 is 0 Å². The monoisotopic (exact) mass is 357 g/mol. The second kappa shape index (κ2) is 8.02. The van der Waals surface area contributed by atoms with Gasteiger partial charge in [-0.2, -0.15) is 0 Å². The summed E-state index contributed by atoms with van der Waals surface area (Å²) in [5, 5.41) is 6.90. The Morgan fingerprint density at radius 1 is 1.26 bits per heavy atom. The standard InChI is InChI=1S/C21H19N5O/c1-4-11-26(3)21(27)25-17-9-10-19-18(13-17)20(23-14-22-19)24-16-8-6-7-15(5-2)12-16/h2,4,6-10,12-14H,1,11H2,3H3,(H,25,27)(H,22,23,24). The third-order valence-electron chi connectivity index (χ3n) is 3.93. The fourth-order valence-corrected chi connectivity index (χ4v) is 2.55. The number of carbonyl (C=O) groups is 1. The van der Waals surface area contributed by atoms with Crippen LogP contribution >= 0.6 is 0 Å². The molecule has 2 N–H and O–H groups in total. The summed E-state index contributed by atoms with van der Waals surface area (Å²) in [6.07, 6.45) is 8.62. The third-order valence-corrected chi connectivity index (χ3v) is 3.93. The molecule has 1 aromatic heterocycles. The number of amides is 2. The second-order valence-electron chi connectivity index (χ2n) is 5.90. The Kier molecular flexibility index (Phi) is 5.33. The fourth-order valence-electron chi connectivity index (χ4n) is 2.55. The van der Waals surface area contributed by atoms with Gasteiger partial charge in [0.1, 0.15) is 12.1 Å². The molecule has 0 aliphatic rings. The number of nitrogens with one attached hydrogen (secondary N) is 2. The number of carbonyl (C=O) groups excluding carboxylic acids is 1. The molecule has 27 heavy (non-hydrogen) atoms. The SMILES string of the molecule is C#Cc1cccc(Nc2ncnc3ccc(NC(=O)N(C)CC=C)cc23)c1. The number of benzene rings is 2. The zero-order valence-electron chi connectivity index (χ0n) is 14.9. The minimum atomic E-state index is -0.220. The molecule has 0 radical (unpaired) electrons. The van der Waals surface area contributed by atoms with Crippen molar-refractivity contribution in [2.24, 2.45) is 0 Å². The highest BCUT2D eigenvalue weighted by atomic mass is 16.2. The van der Waals surface area contributed by atoms with E-state index in [0.717, 1.165) is 22.2 Å². The normalized spacial score (nSPS) is 10.1. The number of fused-ring (bicyclic) bond motifs is 1. The van der Waals surface area contributed by atoms with Gasteiger partial charge >= 0.3 is 6.03 Å². The molecule has 0 fully saturated rings. The number of hydrogen-bond acceptors (Lipinski definition) is 4. The molecule has 0 bridgehead atoms. The number of aromatic nitrogens is 2. The lowest BCUT2D eigenvalue weighted by atomic mass is 10.2. The Morgan fingerprint density at radius 2 is 2.11 bits per heavy atom. The summed E-state index contributed by atoms with van der Waals surface area (Å²) >= 11 is 0. The summed E-state index contributed by atoms with van der Waals surface area (Å²) in [6, 6.07) is 12.8. The molecule has 0 spiro atoms. The Labute approximate surface area is 157 Å². The van der Waals surface area contributed by atoms with Gasteiger partial charge in [-0.3, -0.25) is 0 Å². The van der Waals surface area contributed by atoms with Gasteiger partial charge in [0.05, 0.1) is 5.52 Å². The van der Waals surface area contributed by atoms with Crippen molar-refractivity contribution >= 4 is 34.1 Å². The number of terminal acetylenes is 1. The lowest BCUT2D eigenvalue weighted by Gasteiger charge is -2.16. The van der Waals surface area contributed by atoms with Crippen LogP contribution < -0.4 is 10.6 Å². The highest BCUT2D eigenvalue weighted by Gasteiger charge is 2.10. The summed E-state index contributed by atoms with van der Waals surface area (Å²) in [5.74, 6) is 3.24. The van der Waals surface area contributed by atoms with Gasteiger partial charge in [0.25, 0.3) is 0 Å². The molecule has 134 valence electrons. The van der Waals surface area contributed by atoms with Crippen LogP contribution in [0.25, 0.3) is 10.9 Å². The Morgan fingerprint density at radius 3 is 2.89 bits per heavy atom. The molecule has 0 saturated carbocycles. The smallest absolute Gasteiger partial charge is 0.321 e. The molecular formula is C21H19N5O. The largest absolute Gasteiger partial charge is 0.340 e. The van der Waals surface area contributed by atoms with E-state index in [1.807, 2.05) is 36.4 Å². The van der Waals surface area contributed by atoms with Crippen molar-refractivity contribution in [1.82, 2.24) is 14.9 Å². The molecule has 0 aliphatic carbocycles. The van der Waals surface area contributed by atoms with Gasteiger partial charge in [-0.05, 0) is 36.4 Å². The van der Waals surface area contributed by atoms with Crippen molar-refractivity contribution in [3.8, 4) is 12.3 Å². The van der Waals surface area contributed by atoms with E-state index in [4.69, 9.17) is 6.42 Å². The van der Waals surface area contributed by atoms with Crippen molar-refractivity contribution in [3.05, 3.63) is 67.0 Å². The summed E-state index contributed by atoms with van der Waals surface area (Å²) in [5.41, 5.74) is 3.01. The zero-order chi connectivity index (χ0) is 19.2. The van der Waals surface area contributed by atoms with Crippen LogP contribution in [0.4, 0.5) is 22.0 Å². The highest BCUT2D eigenvalue weighted by Crippen LogP contribution is 2.26. The van der Waals surface area contributed by atoms with E-state index in [2.05, 4.69) is 33.1 Å². The van der Waals surface area contributed by atoms with E-state index in [1.165, 1.54) is 11.2 Å². The minimum absolute atomic E-state index is 0.220. The topological polar surface area (TPSA) is 70.1 Å². The van der Waals surface area contributed by atoms with Crippen molar-refractivity contribution in [2.75, 3.05) is 24.2 Å². The molecule has 0 aliphatic heterocycles. The first-order valence-electron chi connectivity index (χ1n) is 8.32. The van der Waals surface area contributed by atoms with Gasteiger partial charge < -0.3 is 15.5 Å². The van der Waals surface area contributed by atoms with E-state index in [9.17, 15) is 4.79 Å². The van der Waals surface area contributed by atoms with E-state index in [1.54, 1.807) is 19.2 Å². The van der Waals surface area contributed by atoms with Crippen molar-refractivity contribution in [1.29, 1.82) is 0 Å². The van der Waals surface area contributed by atoms with E-state index >= 15 is 0 Å². The third kappa shape index (κ3) is 4.22. The maximum atomic E-state index is 12.2. The fraction of sp³-hybridized carbons (Fsp3) is 0.0952. The van der Waals surface area contributed by atoms with Crippen LogP contribution in [0.5, 0.6) is 0 Å². The van der Waals surface area contributed by atoms with Crippen molar-refractivity contribution < 1.29 is 4.79 Å². The van der Waals surface area contributed by atoms with Gasteiger partial charge in [-0.15, -0.1) is 13.0 Å². The average molecular weight is 357 g/mol. The first-order chi connectivity index (χ1) is 13.1.